The number of nitriles is 1. The van der Waals surface area contributed by atoms with Crippen LogP contribution in [0.25, 0.3) is 0 Å². The van der Waals surface area contributed by atoms with Gasteiger partial charge in [0.1, 0.15) is 11.9 Å². The SMILES string of the molecule is N#Cc1cc(F)ccc1N1CCC(CCN)CC1. The molecule has 0 radical (unpaired) electrons. The second-order valence-corrected chi connectivity index (χ2v) is 4.78. The predicted octanol–water partition coefficient (Wildman–Crippen LogP) is 2.26. The zero-order valence-corrected chi connectivity index (χ0v) is 10.4. The van der Waals surface area contributed by atoms with Gasteiger partial charge in [0.05, 0.1) is 11.3 Å². The Morgan fingerprint density at radius 1 is 1.39 bits per heavy atom. The standard InChI is InChI=1S/C14H18FN3/c15-13-1-2-14(12(9-13)10-17)18-7-4-11(3-6-16)5-8-18/h1-2,9,11H,3-8,16H2. The average molecular weight is 247 g/mol. The van der Waals surface area contributed by atoms with E-state index in [-0.39, 0.29) is 5.82 Å². The number of nitrogens with zero attached hydrogens (tertiary/aromatic N) is 2. The lowest BCUT2D eigenvalue weighted by atomic mass is 9.93. The molecule has 1 aromatic rings. The molecule has 0 aliphatic carbocycles. The number of benzene rings is 1. The lowest BCUT2D eigenvalue weighted by Crippen LogP contribution is -2.34. The highest BCUT2D eigenvalue weighted by Gasteiger charge is 2.20. The van der Waals surface area contributed by atoms with E-state index in [1.165, 1.54) is 12.1 Å². The van der Waals surface area contributed by atoms with E-state index in [2.05, 4.69) is 11.0 Å². The van der Waals surface area contributed by atoms with Gasteiger partial charge in [-0.3, -0.25) is 0 Å². The third-order valence-electron chi connectivity index (χ3n) is 3.61. The quantitative estimate of drug-likeness (QED) is 0.891. The number of anilines is 1. The van der Waals surface area contributed by atoms with Gasteiger partial charge in [-0.2, -0.15) is 5.26 Å². The van der Waals surface area contributed by atoms with Gasteiger partial charge in [0.15, 0.2) is 0 Å². The topological polar surface area (TPSA) is 53.0 Å². The number of piperidine rings is 1. The van der Waals surface area contributed by atoms with Crippen molar-refractivity contribution in [2.45, 2.75) is 19.3 Å². The monoisotopic (exact) mass is 247 g/mol. The number of hydrogen-bond acceptors (Lipinski definition) is 3. The molecule has 0 unspecified atom stereocenters. The summed E-state index contributed by atoms with van der Waals surface area (Å²) < 4.78 is 13.1. The Hall–Kier alpha value is -1.60. The van der Waals surface area contributed by atoms with Gasteiger partial charge in [0.25, 0.3) is 0 Å². The summed E-state index contributed by atoms with van der Waals surface area (Å²) in [5.41, 5.74) is 6.84. The summed E-state index contributed by atoms with van der Waals surface area (Å²) in [6.07, 6.45) is 3.27. The maximum Gasteiger partial charge on any atom is 0.124 e. The van der Waals surface area contributed by atoms with Crippen molar-refractivity contribution in [3.05, 3.63) is 29.6 Å². The molecule has 1 aliphatic heterocycles. The molecule has 96 valence electrons. The summed E-state index contributed by atoms with van der Waals surface area (Å²) >= 11 is 0. The van der Waals surface area contributed by atoms with Crippen molar-refractivity contribution in [1.29, 1.82) is 5.26 Å². The Balaban J connectivity index is 2.08. The smallest absolute Gasteiger partial charge is 0.124 e. The van der Waals surface area contributed by atoms with Gasteiger partial charge in [-0.05, 0) is 49.9 Å². The highest BCUT2D eigenvalue weighted by atomic mass is 19.1. The molecule has 1 aromatic carbocycles. The first-order valence-corrected chi connectivity index (χ1v) is 6.39. The zero-order valence-electron chi connectivity index (χ0n) is 10.4. The van der Waals surface area contributed by atoms with Crippen LogP contribution in [0.1, 0.15) is 24.8 Å². The Labute approximate surface area is 107 Å². The van der Waals surface area contributed by atoms with Crippen molar-refractivity contribution in [1.82, 2.24) is 0 Å². The van der Waals surface area contributed by atoms with Crippen molar-refractivity contribution >= 4 is 5.69 Å². The molecule has 2 N–H and O–H groups in total. The molecule has 4 heteroatoms. The average Bonchev–Trinajstić information content (AvgIpc) is 2.40. The minimum Gasteiger partial charge on any atom is -0.370 e. The third-order valence-corrected chi connectivity index (χ3v) is 3.61. The van der Waals surface area contributed by atoms with Gasteiger partial charge in [-0.25, -0.2) is 4.39 Å². The normalized spacial score (nSPS) is 16.6. The van der Waals surface area contributed by atoms with Crippen LogP contribution < -0.4 is 10.6 Å². The minimum atomic E-state index is -0.353. The molecular weight excluding hydrogens is 229 g/mol. The lowest BCUT2D eigenvalue weighted by Gasteiger charge is -2.34. The number of halogens is 1. The van der Waals surface area contributed by atoms with Crippen LogP contribution >= 0.6 is 0 Å². The van der Waals surface area contributed by atoms with Crippen LogP contribution in [0.15, 0.2) is 18.2 Å². The van der Waals surface area contributed by atoms with Gasteiger partial charge in [-0.15, -0.1) is 0 Å². The molecule has 0 atom stereocenters. The first-order chi connectivity index (χ1) is 8.74. The molecule has 1 heterocycles. The molecule has 1 aliphatic rings. The Bertz CT molecular complexity index is 445. The van der Waals surface area contributed by atoms with E-state index >= 15 is 0 Å². The molecule has 0 spiro atoms. The van der Waals surface area contributed by atoms with Gasteiger partial charge in [-0.1, -0.05) is 0 Å². The molecule has 2 rings (SSSR count). The molecule has 0 amide bonds. The van der Waals surface area contributed by atoms with Crippen molar-refractivity contribution in [3.8, 4) is 6.07 Å². The highest BCUT2D eigenvalue weighted by Crippen LogP contribution is 2.27. The van der Waals surface area contributed by atoms with Gasteiger partial charge < -0.3 is 10.6 Å². The van der Waals surface area contributed by atoms with Crippen molar-refractivity contribution in [2.75, 3.05) is 24.5 Å². The summed E-state index contributed by atoms with van der Waals surface area (Å²) in [4.78, 5) is 2.17. The molecule has 0 bridgehead atoms. The van der Waals surface area contributed by atoms with E-state index in [9.17, 15) is 4.39 Å². The van der Waals surface area contributed by atoms with E-state index in [1.54, 1.807) is 6.07 Å². The summed E-state index contributed by atoms with van der Waals surface area (Å²) in [6, 6.07) is 6.50. The van der Waals surface area contributed by atoms with Crippen LogP contribution in [0.5, 0.6) is 0 Å². The van der Waals surface area contributed by atoms with E-state index in [0.29, 0.717) is 11.5 Å². The summed E-state index contributed by atoms with van der Waals surface area (Å²) in [5.74, 6) is 0.338. The zero-order chi connectivity index (χ0) is 13.0. The summed E-state index contributed by atoms with van der Waals surface area (Å²) in [5, 5.41) is 9.05. The van der Waals surface area contributed by atoms with Gasteiger partial charge >= 0.3 is 0 Å². The van der Waals surface area contributed by atoms with Gasteiger partial charge in [0.2, 0.25) is 0 Å². The Morgan fingerprint density at radius 3 is 2.72 bits per heavy atom. The fourth-order valence-electron chi connectivity index (χ4n) is 2.57. The number of hydrogen-bond donors (Lipinski definition) is 1. The van der Waals surface area contributed by atoms with Crippen LogP contribution in [0.4, 0.5) is 10.1 Å². The van der Waals surface area contributed by atoms with Crippen LogP contribution in [0.3, 0.4) is 0 Å². The molecule has 1 saturated heterocycles. The maximum atomic E-state index is 13.1. The summed E-state index contributed by atoms with van der Waals surface area (Å²) in [7, 11) is 0. The van der Waals surface area contributed by atoms with E-state index in [4.69, 9.17) is 11.0 Å². The van der Waals surface area contributed by atoms with Gasteiger partial charge in [0, 0.05) is 13.1 Å². The van der Waals surface area contributed by atoms with Crippen LogP contribution in [-0.4, -0.2) is 19.6 Å². The largest absolute Gasteiger partial charge is 0.370 e. The fourth-order valence-corrected chi connectivity index (χ4v) is 2.57. The van der Waals surface area contributed by atoms with E-state index in [0.717, 1.165) is 44.6 Å². The molecule has 3 nitrogen and oxygen atoms in total. The van der Waals surface area contributed by atoms with Crippen LogP contribution in [0, 0.1) is 23.1 Å². The highest BCUT2D eigenvalue weighted by molar-refractivity contribution is 5.59. The first kappa shape index (κ1) is 12.8. The predicted molar refractivity (Wildman–Crippen MR) is 69.7 cm³/mol. The Kier molecular flexibility index (Phi) is 4.16. The maximum absolute atomic E-state index is 13.1. The van der Waals surface area contributed by atoms with Crippen LogP contribution in [0.2, 0.25) is 0 Å². The summed E-state index contributed by atoms with van der Waals surface area (Å²) in [6.45, 7) is 2.58. The molecular formula is C14H18FN3. The van der Waals surface area contributed by atoms with E-state index < -0.39 is 0 Å². The molecule has 18 heavy (non-hydrogen) atoms. The van der Waals surface area contributed by atoms with Crippen LogP contribution in [-0.2, 0) is 0 Å². The van der Waals surface area contributed by atoms with E-state index in [1.807, 2.05) is 0 Å². The molecule has 0 aromatic heterocycles. The number of rotatable bonds is 3. The van der Waals surface area contributed by atoms with Crippen molar-refractivity contribution in [3.63, 3.8) is 0 Å². The third kappa shape index (κ3) is 2.80. The molecule has 0 saturated carbocycles. The lowest BCUT2D eigenvalue weighted by molar-refractivity contribution is 0.386. The van der Waals surface area contributed by atoms with Crippen molar-refractivity contribution < 1.29 is 4.39 Å². The second kappa shape index (κ2) is 5.83. The Morgan fingerprint density at radius 2 is 2.11 bits per heavy atom. The fraction of sp³-hybridized carbons (Fsp3) is 0.500. The first-order valence-electron chi connectivity index (χ1n) is 6.39. The van der Waals surface area contributed by atoms with Crippen molar-refractivity contribution in [2.24, 2.45) is 11.7 Å². The number of nitrogens with two attached hydrogens (primary N) is 1. The minimum absolute atomic E-state index is 0.353. The second-order valence-electron chi connectivity index (χ2n) is 4.78. The molecule has 1 fully saturated rings.